The summed E-state index contributed by atoms with van der Waals surface area (Å²) in [6, 6.07) is 0. The van der Waals surface area contributed by atoms with E-state index in [1.807, 2.05) is 13.2 Å². The van der Waals surface area contributed by atoms with Crippen molar-refractivity contribution in [1.29, 1.82) is 0 Å². The van der Waals surface area contributed by atoms with E-state index in [-0.39, 0.29) is 0 Å². The highest BCUT2D eigenvalue weighted by Crippen LogP contribution is 2.08. The van der Waals surface area contributed by atoms with E-state index in [0.29, 0.717) is 5.92 Å². The standard InChI is InChI=1S/C11H22N4O/c1-4-10(8-12-5-6-16-3)7-11-9-15(2)14-13-11/h9-10,12H,4-8H2,1-3H3. The highest BCUT2D eigenvalue weighted by Gasteiger charge is 2.09. The van der Waals surface area contributed by atoms with Crippen molar-refractivity contribution in [2.24, 2.45) is 13.0 Å². The lowest BCUT2D eigenvalue weighted by Gasteiger charge is -2.13. The first kappa shape index (κ1) is 13.1. The van der Waals surface area contributed by atoms with Gasteiger partial charge in [0.15, 0.2) is 0 Å². The number of aromatic nitrogens is 3. The van der Waals surface area contributed by atoms with Gasteiger partial charge in [-0.15, -0.1) is 5.10 Å². The van der Waals surface area contributed by atoms with E-state index in [1.165, 1.54) is 0 Å². The normalized spacial score (nSPS) is 12.9. The van der Waals surface area contributed by atoms with Gasteiger partial charge in [0.1, 0.15) is 0 Å². The number of hydrogen-bond donors (Lipinski definition) is 1. The summed E-state index contributed by atoms with van der Waals surface area (Å²) in [5.74, 6) is 0.619. The number of nitrogens with zero attached hydrogens (tertiary/aromatic N) is 3. The Labute approximate surface area is 97.2 Å². The van der Waals surface area contributed by atoms with Gasteiger partial charge < -0.3 is 10.1 Å². The molecule has 0 amide bonds. The Hall–Kier alpha value is -0.940. The zero-order valence-electron chi connectivity index (χ0n) is 10.4. The van der Waals surface area contributed by atoms with E-state index in [9.17, 15) is 0 Å². The Bertz CT molecular complexity index is 287. The summed E-state index contributed by atoms with van der Waals surface area (Å²) in [6.45, 7) is 4.89. The second kappa shape index (κ2) is 7.35. The van der Waals surface area contributed by atoms with Crippen molar-refractivity contribution < 1.29 is 4.74 Å². The lowest BCUT2D eigenvalue weighted by Crippen LogP contribution is -2.27. The van der Waals surface area contributed by atoms with Crippen molar-refractivity contribution in [3.63, 3.8) is 0 Å². The van der Waals surface area contributed by atoms with Crippen LogP contribution in [0.5, 0.6) is 0 Å². The smallest absolute Gasteiger partial charge is 0.0830 e. The molecule has 0 fully saturated rings. The molecule has 0 aliphatic rings. The van der Waals surface area contributed by atoms with Crippen LogP contribution in [0.15, 0.2) is 6.20 Å². The fourth-order valence-corrected chi connectivity index (χ4v) is 1.63. The van der Waals surface area contributed by atoms with E-state index in [0.717, 1.165) is 38.2 Å². The van der Waals surface area contributed by atoms with Gasteiger partial charge in [0.05, 0.1) is 12.3 Å². The van der Waals surface area contributed by atoms with Crippen LogP contribution in [0, 0.1) is 5.92 Å². The first-order valence-electron chi connectivity index (χ1n) is 5.81. The lowest BCUT2D eigenvalue weighted by atomic mass is 10.0. The molecule has 92 valence electrons. The van der Waals surface area contributed by atoms with Gasteiger partial charge in [0.25, 0.3) is 0 Å². The number of methoxy groups -OCH3 is 1. The summed E-state index contributed by atoms with van der Waals surface area (Å²) >= 11 is 0. The molecule has 1 rings (SSSR count). The van der Waals surface area contributed by atoms with Crippen molar-refractivity contribution in [2.75, 3.05) is 26.8 Å². The molecular weight excluding hydrogens is 204 g/mol. The largest absolute Gasteiger partial charge is 0.383 e. The average Bonchev–Trinajstić information content (AvgIpc) is 2.68. The summed E-state index contributed by atoms with van der Waals surface area (Å²) < 4.78 is 6.74. The van der Waals surface area contributed by atoms with Gasteiger partial charge in [-0.25, -0.2) is 0 Å². The van der Waals surface area contributed by atoms with Crippen LogP contribution in [0.25, 0.3) is 0 Å². The molecule has 0 saturated heterocycles. The van der Waals surface area contributed by atoms with E-state index in [4.69, 9.17) is 4.74 Å². The predicted octanol–water partition coefficient (Wildman–Crippen LogP) is 0.620. The van der Waals surface area contributed by atoms with E-state index in [2.05, 4.69) is 22.6 Å². The van der Waals surface area contributed by atoms with Crippen molar-refractivity contribution in [2.45, 2.75) is 19.8 Å². The maximum Gasteiger partial charge on any atom is 0.0830 e. The summed E-state index contributed by atoms with van der Waals surface area (Å²) in [4.78, 5) is 0. The summed E-state index contributed by atoms with van der Waals surface area (Å²) in [5.41, 5.74) is 1.07. The van der Waals surface area contributed by atoms with Gasteiger partial charge in [-0.2, -0.15) is 0 Å². The second-order valence-electron chi connectivity index (χ2n) is 4.06. The Balaban J connectivity index is 2.26. The molecule has 0 aliphatic carbocycles. The van der Waals surface area contributed by atoms with Crippen molar-refractivity contribution in [1.82, 2.24) is 20.3 Å². The highest BCUT2D eigenvalue weighted by molar-refractivity contribution is 4.93. The fraction of sp³-hybridized carbons (Fsp3) is 0.818. The fourth-order valence-electron chi connectivity index (χ4n) is 1.63. The third kappa shape index (κ3) is 4.72. The summed E-state index contributed by atoms with van der Waals surface area (Å²) in [7, 11) is 3.62. The van der Waals surface area contributed by atoms with E-state index < -0.39 is 0 Å². The minimum Gasteiger partial charge on any atom is -0.383 e. The van der Waals surface area contributed by atoms with Crippen LogP contribution in [0.4, 0.5) is 0 Å². The quantitative estimate of drug-likeness (QED) is 0.660. The molecule has 1 aromatic rings. The van der Waals surface area contributed by atoms with Crippen molar-refractivity contribution in [3.8, 4) is 0 Å². The second-order valence-corrected chi connectivity index (χ2v) is 4.06. The third-order valence-electron chi connectivity index (χ3n) is 2.64. The van der Waals surface area contributed by atoms with Crippen LogP contribution >= 0.6 is 0 Å². The molecule has 0 spiro atoms. The highest BCUT2D eigenvalue weighted by atomic mass is 16.5. The molecular formula is C11H22N4O. The molecule has 1 heterocycles. The van der Waals surface area contributed by atoms with Crippen LogP contribution in [-0.4, -0.2) is 41.8 Å². The third-order valence-corrected chi connectivity index (χ3v) is 2.64. The molecule has 5 nitrogen and oxygen atoms in total. The SMILES string of the molecule is CCC(CNCCOC)Cc1cn(C)nn1. The van der Waals surface area contributed by atoms with Crippen molar-refractivity contribution in [3.05, 3.63) is 11.9 Å². The first-order chi connectivity index (χ1) is 7.76. The van der Waals surface area contributed by atoms with Crippen LogP contribution in [0.2, 0.25) is 0 Å². The molecule has 16 heavy (non-hydrogen) atoms. The van der Waals surface area contributed by atoms with Gasteiger partial charge >= 0.3 is 0 Å². The van der Waals surface area contributed by atoms with Gasteiger partial charge in [0.2, 0.25) is 0 Å². The van der Waals surface area contributed by atoms with Crippen LogP contribution in [0.3, 0.4) is 0 Å². The molecule has 0 saturated carbocycles. The average molecular weight is 226 g/mol. The number of ether oxygens (including phenoxy) is 1. The van der Waals surface area contributed by atoms with E-state index in [1.54, 1.807) is 11.8 Å². The topological polar surface area (TPSA) is 52.0 Å². The molecule has 1 atom stereocenters. The summed E-state index contributed by atoms with van der Waals surface area (Å²) in [5, 5.41) is 11.4. The molecule has 1 aromatic heterocycles. The van der Waals surface area contributed by atoms with Crippen LogP contribution < -0.4 is 5.32 Å². The molecule has 0 bridgehead atoms. The molecule has 0 radical (unpaired) electrons. The van der Waals surface area contributed by atoms with Crippen LogP contribution in [0.1, 0.15) is 19.0 Å². The molecule has 0 aromatic carbocycles. The Kier molecular flexibility index (Phi) is 6.03. The van der Waals surface area contributed by atoms with E-state index >= 15 is 0 Å². The van der Waals surface area contributed by atoms with Crippen molar-refractivity contribution >= 4 is 0 Å². The van der Waals surface area contributed by atoms with Gasteiger partial charge in [-0.1, -0.05) is 18.6 Å². The number of nitrogens with one attached hydrogen (secondary N) is 1. The van der Waals surface area contributed by atoms with Gasteiger partial charge in [-0.05, 0) is 18.9 Å². The zero-order valence-corrected chi connectivity index (χ0v) is 10.4. The maximum absolute atomic E-state index is 4.99. The number of aryl methyl sites for hydroxylation is 1. The minimum absolute atomic E-state index is 0.619. The van der Waals surface area contributed by atoms with Gasteiger partial charge in [-0.3, -0.25) is 4.68 Å². The zero-order chi connectivity index (χ0) is 11.8. The molecule has 1 N–H and O–H groups in total. The van der Waals surface area contributed by atoms with Crippen LogP contribution in [-0.2, 0) is 18.2 Å². The molecule has 0 aliphatic heterocycles. The monoisotopic (exact) mass is 226 g/mol. The number of hydrogen-bond acceptors (Lipinski definition) is 4. The Morgan fingerprint density at radius 2 is 2.38 bits per heavy atom. The molecule has 5 heteroatoms. The minimum atomic E-state index is 0.619. The Morgan fingerprint density at radius 3 is 2.94 bits per heavy atom. The first-order valence-corrected chi connectivity index (χ1v) is 5.81. The summed E-state index contributed by atoms with van der Waals surface area (Å²) in [6.07, 6.45) is 4.12. The maximum atomic E-state index is 4.99. The number of rotatable bonds is 8. The van der Waals surface area contributed by atoms with Gasteiger partial charge in [0, 0.05) is 26.9 Å². The molecule has 1 unspecified atom stereocenters. The Morgan fingerprint density at radius 1 is 1.56 bits per heavy atom. The predicted molar refractivity (Wildman–Crippen MR) is 63.2 cm³/mol. The lowest BCUT2D eigenvalue weighted by molar-refractivity contribution is 0.197.